The van der Waals surface area contributed by atoms with Crippen molar-refractivity contribution in [2.24, 2.45) is 0 Å². The summed E-state index contributed by atoms with van der Waals surface area (Å²) >= 11 is 11.7. The van der Waals surface area contributed by atoms with E-state index in [1.807, 2.05) is 0 Å². The van der Waals surface area contributed by atoms with Crippen molar-refractivity contribution in [1.29, 1.82) is 0 Å². The number of carbonyl (C=O) groups is 1. The first kappa shape index (κ1) is 19.2. The maximum Gasteiger partial charge on any atom is 0.416 e. The molecule has 130 valence electrons. The van der Waals surface area contributed by atoms with Crippen LogP contribution in [0.1, 0.15) is 16.7 Å². The molecule has 2 aromatic carbocycles. The number of alkyl halides is 3. The van der Waals surface area contributed by atoms with E-state index in [2.05, 4.69) is 17.2 Å². The Morgan fingerprint density at radius 3 is 2.52 bits per heavy atom. The van der Waals surface area contributed by atoms with Gasteiger partial charge in [0.15, 0.2) is 0 Å². The van der Waals surface area contributed by atoms with Crippen molar-refractivity contribution >= 4 is 29.1 Å². The van der Waals surface area contributed by atoms with Crippen LogP contribution in [-0.2, 0) is 17.4 Å². The summed E-state index contributed by atoms with van der Waals surface area (Å²) in [4.78, 5) is 11.8. The van der Waals surface area contributed by atoms with Gasteiger partial charge in [0, 0.05) is 5.56 Å². The Bertz CT molecular complexity index is 838. The topological polar surface area (TPSA) is 29.1 Å². The molecule has 0 unspecified atom stereocenters. The van der Waals surface area contributed by atoms with Crippen molar-refractivity contribution < 1.29 is 18.0 Å². The lowest BCUT2D eigenvalue weighted by molar-refractivity contribution is -0.137. The van der Waals surface area contributed by atoms with Crippen LogP contribution in [0.15, 0.2) is 42.5 Å². The number of rotatable bonds is 3. The van der Waals surface area contributed by atoms with Gasteiger partial charge < -0.3 is 5.32 Å². The van der Waals surface area contributed by atoms with Crippen molar-refractivity contribution in [3.8, 4) is 11.8 Å². The first-order valence-electron chi connectivity index (χ1n) is 7.12. The molecule has 0 heterocycles. The second-order valence-corrected chi connectivity index (χ2v) is 5.90. The molecule has 1 N–H and O–H groups in total. The van der Waals surface area contributed by atoms with Crippen LogP contribution in [0.25, 0.3) is 0 Å². The highest BCUT2D eigenvalue weighted by Crippen LogP contribution is 2.29. The fraction of sp³-hybridized carbons (Fsp3) is 0.167. The Kier molecular flexibility index (Phi) is 6.35. The van der Waals surface area contributed by atoms with Crippen molar-refractivity contribution in [3.05, 3.63) is 69.2 Å². The van der Waals surface area contributed by atoms with Gasteiger partial charge in [0.2, 0.25) is 5.91 Å². The predicted octanol–water partition coefficient (Wildman–Crippen LogP) is 4.72. The van der Waals surface area contributed by atoms with Crippen LogP contribution >= 0.6 is 23.2 Å². The lowest BCUT2D eigenvalue weighted by Gasteiger charge is -2.05. The van der Waals surface area contributed by atoms with Crippen LogP contribution in [0, 0.1) is 11.8 Å². The van der Waals surface area contributed by atoms with E-state index in [0.717, 1.165) is 12.1 Å². The number of hydrogen-bond acceptors (Lipinski definition) is 1. The van der Waals surface area contributed by atoms with Crippen LogP contribution < -0.4 is 5.32 Å². The van der Waals surface area contributed by atoms with E-state index >= 15 is 0 Å². The molecular weight excluding hydrogens is 374 g/mol. The molecule has 0 aliphatic carbocycles. The normalized spacial score (nSPS) is 10.8. The van der Waals surface area contributed by atoms with E-state index in [4.69, 9.17) is 23.2 Å². The molecule has 0 fully saturated rings. The van der Waals surface area contributed by atoms with Crippen molar-refractivity contribution in [2.45, 2.75) is 12.6 Å². The number of nitrogens with one attached hydrogen (secondary N) is 1. The van der Waals surface area contributed by atoms with Gasteiger partial charge in [-0.3, -0.25) is 4.79 Å². The molecule has 0 radical (unpaired) electrons. The summed E-state index contributed by atoms with van der Waals surface area (Å²) in [7, 11) is 0. The van der Waals surface area contributed by atoms with E-state index < -0.39 is 11.7 Å². The molecule has 0 bridgehead atoms. The quantitative estimate of drug-likeness (QED) is 0.760. The second kappa shape index (κ2) is 8.28. The van der Waals surface area contributed by atoms with E-state index in [1.165, 1.54) is 12.1 Å². The van der Waals surface area contributed by atoms with Crippen LogP contribution in [0.3, 0.4) is 0 Å². The van der Waals surface area contributed by atoms with Gasteiger partial charge in [0.1, 0.15) is 0 Å². The van der Waals surface area contributed by atoms with Gasteiger partial charge in [-0.1, -0.05) is 47.2 Å². The fourth-order valence-corrected chi connectivity index (χ4v) is 2.28. The fourth-order valence-electron chi connectivity index (χ4n) is 1.96. The van der Waals surface area contributed by atoms with Crippen molar-refractivity contribution in [2.75, 3.05) is 6.54 Å². The Hall–Kier alpha value is -2.16. The van der Waals surface area contributed by atoms with Crippen molar-refractivity contribution in [3.63, 3.8) is 0 Å². The average Bonchev–Trinajstić information content (AvgIpc) is 2.55. The largest absolute Gasteiger partial charge is 0.416 e. The minimum absolute atomic E-state index is 0.0242. The lowest BCUT2D eigenvalue weighted by atomic mass is 10.1. The summed E-state index contributed by atoms with van der Waals surface area (Å²) in [6.07, 6.45) is -4.31. The summed E-state index contributed by atoms with van der Waals surface area (Å²) in [5.41, 5.74) is 0.161. The molecular formula is C18H12Cl2F3NO. The molecule has 0 saturated heterocycles. The smallest absolute Gasteiger partial charge is 0.345 e. The van der Waals surface area contributed by atoms with Crippen LogP contribution in [-0.4, -0.2) is 12.5 Å². The zero-order chi connectivity index (χ0) is 18.4. The van der Waals surface area contributed by atoms with Crippen LogP contribution in [0.4, 0.5) is 13.2 Å². The van der Waals surface area contributed by atoms with E-state index in [-0.39, 0.29) is 24.4 Å². The SMILES string of the molecule is O=C(Cc1ccc(Cl)c(Cl)c1)NCC#Cc1cccc(C(F)(F)F)c1. The van der Waals surface area contributed by atoms with Gasteiger partial charge in [-0.25, -0.2) is 0 Å². The number of amides is 1. The Morgan fingerprint density at radius 1 is 1.08 bits per heavy atom. The first-order valence-corrected chi connectivity index (χ1v) is 7.88. The first-order chi connectivity index (χ1) is 11.8. The van der Waals surface area contributed by atoms with Gasteiger partial charge in [0.25, 0.3) is 0 Å². The van der Waals surface area contributed by atoms with Crippen LogP contribution in [0.5, 0.6) is 0 Å². The van der Waals surface area contributed by atoms with Gasteiger partial charge >= 0.3 is 6.18 Å². The summed E-state index contributed by atoms with van der Waals surface area (Å²) in [6, 6.07) is 9.57. The highest BCUT2D eigenvalue weighted by atomic mass is 35.5. The molecule has 0 saturated carbocycles. The molecule has 7 heteroatoms. The zero-order valence-electron chi connectivity index (χ0n) is 12.8. The molecule has 0 aromatic heterocycles. The Morgan fingerprint density at radius 2 is 1.84 bits per heavy atom. The predicted molar refractivity (Wildman–Crippen MR) is 91.5 cm³/mol. The van der Waals surface area contributed by atoms with E-state index in [0.29, 0.717) is 15.6 Å². The molecule has 2 rings (SSSR count). The maximum absolute atomic E-state index is 12.6. The molecule has 0 aliphatic heterocycles. The minimum Gasteiger partial charge on any atom is -0.345 e. The lowest BCUT2D eigenvalue weighted by Crippen LogP contribution is -2.25. The minimum atomic E-state index is -4.41. The van der Waals surface area contributed by atoms with Crippen LogP contribution in [0.2, 0.25) is 10.0 Å². The summed E-state index contributed by atoms with van der Waals surface area (Å²) in [5, 5.41) is 3.33. The summed E-state index contributed by atoms with van der Waals surface area (Å²) < 4.78 is 37.8. The number of halogens is 5. The molecule has 0 atom stereocenters. The van der Waals surface area contributed by atoms with Gasteiger partial charge in [-0.2, -0.15) is 13.2 Å². The average molecular weight is 386 g/mol. The Balaban J connectivity index is 1.89. The monoisotopic (exact) mass is 385 g/mol. The standard InChI is InChI=1S/C18H12Cl2F3NO/c19-15-7-6-13(10-16(15)20)11-17(25)24-8-2-4-12-3-1-5-14(9-12)18(21,22)23/h1,3,5-7,9-10H,8,11H2,(H,24,25). The summed E-state index contributed by atoms with van der Waals surface area (Å²) in [5.74, 6) is 4.93. The molecule has 25 heavy (non-hydrogen) atoms. The van der Waals surface area contributed by atoms with E-state index in [1.54, 1.807) is 18.2 Å². The highest BCUT2D eigenvalue weighted by molar-refractivity contribution is 6.42. The molecule has 0 spiro atoms. The third-order valence-electron chi connectivity index (χ3n) is 3.15. The van der Waals surface area contributed by atoms with Crippen molar-refractivity contribution in [1.82, 2.24) is 5.32 Å². The molecule has 1 amide bonds. The molecule has 0 aliphatic rings. The summed E-state index contributed by atoms with van der Waals surface area (Å²) in [6.45, 7) is 0.0242. The van der Waals surface area contributed by atoms with Gasteiger partial charge in [-0.15, -0.1) is 0 Å². The number of hydrogen-bond donors (Lipinski definition) is 1. The number of benzene rings is 2. The third-order valence-corrected chi connectivity index (χ3v) is 3.88. The Labute approximate surface area is 152 Å². The molecule has 2 aromatic rings. The highest BCUT2D eigenvalue weighted by Gasteiger charge is 2.30. The second-order valence-electron chi connectivity index (χ2n) is 5.08. The zero-order valence-corrected chi connectivity index (χ0v) is 14.3. The van der Waals surface area contributed by atoms with Gasteiger partial charge in [0.05, 0.1) is 28.6 Å². The third kappa shape index (κ3) is 6.00. The van der Waals surface area contributed by atoms with E-state index in [9.17, 15) is 18.0 Å². The maximum atomic E-state index is 12.6. The van der Waals surface area contributed by atoms with Gasteiger partial charge in [-0.05, 0) is 35.9 Å². The molecule has 2 nitrogen and oxygen atoms in total. The number of carbonyl (C=O) groups excluding carboxylic acids is 1.